The lowest BCUT2D eigenvalue weighted by atomic mass is 9.98. The minimum Gasteiger partial charge on any atom is -0.308 e. The molecule has 0 unspecified atom stereocenters. The van der Waals surface area contributed by atoms with Crippen LogP contribution in [0.15, 0.2) is 212 Å². The van der Waals surface area contributed by atoms with Gasteiger partial charge in [-0.2, -0.15) is 9.97 Å². The molecule has 0 amide bonds. The summed E-state index contributed by atoms with van der Waals surface area (Å²) in [5.74, 6) is 1.80. The van der Waals surface area contributed by atoms with Crippen LogP contribution in [0, 0.1) is 0 Å². The van der Waals surface area contributed by atoms with Crippen molar-refractivity contribution in [3.8, 4) is 62.1 Å². The second kappa shape index (κ2) is 13.6. The summed E-state index contributed by atoms with van der Waals surface area (Å²) < 4.78 is 4.63. The quantitative estimate of drug-likeness (QED) is 0.169. The minimum atomic E-state index is 0.572. The van der Waals surface area contributed by atoms with E-state index in [4.69, 9.17) is 15.0 Å². The Hall–Kier alpha value is -8.41. The van der Waals surface area contributed by atoms with Crippen LogP contribution >= 0.6 is 0 Å². The fourth-order valence-electron chi connectivity index (χ4n) is 9.59. The monoisotopic (exact) mass is 789 g/mol. The van der Waals surface area contributed by atoms with Gasteiger partial charge < -0.3 is 4.40 Å². The van der Waals surface area contributed by atoms with E-state index < -0.39 is 0 Å². The van der Waals surface area contributed by atoms with Gasteiger partial charge in [0.25, 0.3) is 0 Å². The maximum atomic E-state index is 5.27. The highest BCUT2D eigenvalue weighted by molar-refractivity contribution is 6.24. The Morgan fingerprint density at radius 1 is 0.258 bits per heavy atom. The highest BCUT2D eigenvalue weighted by atomic mass is 15.2. The lowest BCUT2D eigenvalue weighted by Crippen LogP contribution is -2.06. The summed E-state index contributed by atoms with van der Waals surface area (Å²) >= 11 is 0. The van der Waals surface area contributed by atoms with Gasteiger partial charge in [0, 0.05) is 43.4 Å². The fraction of sp³-hybridized carbons (Fsp3) is 0. The first-order valence-corrected chi connectivity index (χ1v) is 21.0. The van der Waals surface area contributed by atoms with Gasteiger partial charge in [-0.15, -0.1) is 0 Å². The van der Waals surface area contributed by atoms with Crippen molar-refractivity contribution in [1.29, 1.82) is 0 Å². The molecular formula is C57H35N5. The molecular weight excluding hydrogens is 755 g/mol. The lowest BCUT2D eigenvalue weighted by molar-refractivity contribution is 0.953. The van der Waals surface area contributed by atoms with E-state index in [2.05, 4.69) is 209 Å². The van der Waals surface area contributed by atoms with Gasteiger partial charge in [-0.3, -0.25) is 4.57 Å². The molecule has 0 saturated heterocycles. The van der Waals surface area contributed by atoms with Gasteiger partial charge in [0.1, 0.15) is 0 Å². The zero-order valence-corrected chi connectivity index (χ0v) is 33.4. The summed E-state index contributed by atoms with van der Waals surface area (Å²) in [6.45, 7) is 0. The molecule has 5 nitrogen and oxygen atoms in total. The number of rotatable bonds is 6. The Bertz CT molecular complexity index is 3640. The Morgan fingerprint density at radius 2 is 0.645 bits per heavy atom. The molecule has 0 N–H and O–H groups in total. The zero-order valence-electron chi connectivity index (χ0n) is 33.4. The number of aromatic nitrogens is 5. The SMILES string of the molecule is c1ccc(-c2ccc(-c3nc(-c4ccc(-c5ccccc5)cc4)nc(-n4c5ccccc5c5cc(-c6cc7c8ccccc8n8c9ccccc9c(c6)c78)ccc54)n3)cc2)cc1. The van der Waals surface area contributed by atoms with Crippen molar-refractivity contribution in [1.82, 2.24) is 23.9 Å². The molecule has 0 aliphatic carbocycles. The number of hydrogen-bond donors (Lipinski definition) is 0. The third-order valence-corrected chi connectivity index (χ3v) is 12.5. The molecule has 0 radical (unpaired) electrons. The Morgan fingerprint density at radius 3 is 1.18 bits per heavy atom. The number of para-hydroxylation sites is 3. The standard InChI is InChI=1S/C57H35N5/c1-3-13-36(14-4-1)38-23-27-40(28-24-38)55-58-56(41-29-25-39(26-30-41)37-15-5-2-6-16-37)60-57(59-55)62-52-22-12-7-17-44(52)47-33-42(31-32-53(47)62)43-34-48-45-18-8-10-20-50(45)61-51-21-11-9-19-46(51)49(35-43)54(48)61/h1-35H. The summed E-state index contributed by atoms with van der Waals surface area (Å²) in [6.07, 6.45) is 0. The van der Waals surface area contributed by atoms with Crippen molar-refractivity contribution >= 4 is 59.9 Å². The molecule has 0 spiro atoms. The van der Waals surface area contributed by atoms with Crippen LogP contribution in [-0.4, -0.2) is 23.9 Å². The van der Waals surface area contributed by atoms with Crippen LogP contribution in [0.5, 0.6) is 0 Å². The number of benzene rings is 9. The van der Waals surface area contributed by atoms with Gasteiger partial charge in [-0.1, -0.05) is 170 Å². The Balaban J connectivity index is 0.996. The van der Waals surface area contributed by atoms with Crippen LogP contribution in [0.1, 0.15) is 0 Å². The third kappa shape index (κ3) is 5.32. The first-order chi connectivity index (χ1) is 30.7. The van der Waals surface area contributed by atoms with Crippen LogP contribution in [0.3, 0.4) is 0 Å². The second-order valence-electron chi connectivity index (χ2n) is 16.0. The van der Waals surface area contributed by atoms with E-state index >= 15 is 0 Å². The average Bonchev–Trinajstić information content (AvgIpc) is 3.99. The van der Waals surface area contributed by atoms with E-state index in [1.807, 2.05) is 12.1 Å². The van der Waals surface area contributed by atoms with Gasteiger partial charge in [0.2, 0.25) is 5.95 Å². The molecule has 0 aliphatic rings. The van der Waals surface area contributed by atoms with E-state index in [-0.39, 0.29) is 0 Å². The Labute approximate surface area is 356 Å². The van der Waals surface area contributed by atoms with E-state index in [1.165, 1.54) is 54.8 Å². The first kappa shape index (κ1) is 34.5. The van der Waals surface area contributed by atoms with E-state index in [0.717, 1.165) is 49.6 Å². The topological polar surface area (TPSA) is 48.0 Å². The van der Waals surface area contributed by atoms with Crippen molar-refractivity contribution in [2.45, 2.75) is 0 Å². The predicted octanol–water partition coefficient (Wildman–Crippen LogP) is 14.5. The van der Waals surface area contributed by atoms with Crippen molar-refractivity contribution in [3.05, 3.63) is 212 Å². The molecule has 13 rings (SSSR count). The molecule has 288 valence electrons. The maximum absolute atomic E-state index is 5.27. The molecule has 9 aromatic carbocycles. The fourth-order valence-corrected chi connectivity index (χ4v) is 9.59. The van der Waals surface area contributed by atoms with Gasteiger partial charge in [0.15, 0.2) is 11.6 Å². The Kier molecular flexibility index (Phi) is 7.54. The van der Waals surface area contributed by atoms with Crippen LogP contribution in [0.4, 0.5) is 0 Å². The highest BCUT2D eigenvalue weighted by Gasteiger charge is 2.21. The van der Waals surface area contributed by atoms with Gasteiger partial charge >= 0.3 is 0 Å². The molecule has 4 heterocycles. The van der Waals surface area contributed by atoms with Crippen LogP contribution in [-0.2, 0) is 0 Å². The normalized spacial score (nSPS) is 11.9. The summed E-state index contributed by atoms with van der Waals surface area (Å²) in [7, 11) is 0. The largest absolute Gasteiger partial charge is 0.308 e. The minimum absolute atomic E-state index is 0.572. The number of nitrogens with zero attached hydrogens (tertiary/aromatic N) is 5. The average molecular weight is 790 g/mol. The van der Waals surface area contributed by atoms with Crippen LogP contribution < -0.4 is 0 Å². The van der Waals surface area contributed by atoms with Crippen molar-refractivity contribution in [2.75, 3.05) is 0 Å². The molecule has 0 bridgehead atoms. The van der Waals surface area contributed by atoms with Gasteiger partial charge in [-0.05, 0) is 75.8 Å². The van der Waals surface area contributed by atoms with Crippen molar-refractivity contribution in [2.24, 2.45) is 0 Å². The zero-order chi connectivity index (χ0) is 40.7. The number of hydrogen-bond acceptors (Lipinski definition) is 3. The molecule has 4 aromatic heterocycles. The third-order valence-electron chi connectivity index (χ3n) is 12.5. The molecule has 0 saturated carbocycles. The summed E-state index contributed by atoms with van der Waals surface area (Å²) in [4.78, 5) is 15.7. The lowest BCUT2D eigenvalue weighted by Gasteiger charge is -2.12. The van der Waals surface area contributed by atoms with E-state index in [1.54, 1.807) is 0 Å². The van der Waals surface area contributed by atoms with Crippen molar-refractivity contribution in [3.63, 3.8) is 0 Å². The highest BCUT2D eigenvalue weighted by Crippen LogP contribution is 2.43. The molecule has 0 fully saturated rings. The first-order valence-electron chi connectivity index (χ1n) is 21.0. The molecule has 62 heavy (non-hydrogen) atoms. The van der Waals surface area contributed by atoms with Gasteiger partial charge in [-0.25, -0.2) is 4.98 Å². The smallest absolute Gasteiger partial charge is 0.238 e. The molecule has 0 atom stereocenters. The van der Waals surface area contributed by atoms with E-state index in [0.29, 0.717) is 17.6 Å². The van der Waals surface area contributed by atoms with E-state index in [9.17, 15) is 0 Å². The summed E-state index contributed by atoms with van der Waals surface area (Å²) in [6, 6.07) is 75.6. The van der Waals surface area contributed by atoms with Crippen molar-refractivity contribution < 1.29 is 0 Å². The maximum Gasteiger partial charge on any atom is 0.238 e. The van der Waals surface area contributed by atoms with Crippen LogP contribution in [0.25, 0.3) is 122 Å². The predicted molar refractivity (Wildman–Crippen MR) is 256 cm³/mol. The summed E-state index contributed by atoms with van der Waals surface area (Å²) in [5.41, 5.74) is 14.6. The van der Waals surface area contributed by atoms with Gasteiger partial charge in [0.05, 0.1) is 27.6 Å². The molecule has 5 heteroatoms. The number of fused-ring (bicyclic) bond motifs is 9. The molecule has 13 aromatic rings. The summed E-state index contributed by atoms with van der Waals surface area (Å²) in [5, 5.41) is 7.35. The second-order valence-corrected chi connectivity index (χ2v) is 16.0. The van der Waals surface area contributed by atoms with Crippen LogP contribution in [0.2, 0.25) is 0 Å². The molecule has 0 aliphatic heterocycles.